The summed E-state index contributed by atoms with van der Waals surface area (Å²) in [5.74, 6) is 0.116. The Bertz CT molecular complexity index is 457. The highest BCUT2D eigenvalue weighted by atomic mass is 16.1. The second-order valence-corrected chi connectivity index (χ2v) is 4.82. The number of hydrogen-bond donors (Lipinski definition) is 0. The van der Waals surface area contributed by atoms with Gasteiger partial charge in [-0.3, -0.25) is 4.79 Å². The molecule has 1 aliphatic carbocycles. The average Bonchev–Trinajstić information content (AvgIpc) is 2.25. The SMILES string of the molecule is C=C(C)CC1(C)C(=O)CCCC1=C(C#N)C#N. The van der Waals surface area contributed by atoms with Crippen LogP contribution < -0.4 is 0 Å². The van der Waals surface area contributed by atoms with Gasteiger partial charge in [0.05, 0.1) is 5.41 Å². The lowest BCUT2D eigenvalue weighted by atomic mass is 9.66. The van der Waals surface area contributed by atoms with Crippen molar-refractivity contribution in [3.8, 4) is 12.1 Å². The Morgan fingerprint density at radius 3 is 2.47 bits per heavy atom. The van der Waals surface area contributed by atoms with E-state index in [1.807, 2.05) is 26.0 Å². The third kappa shape index (κ3) is 2.45. The highest BCUT2D eigenvalue weighted by Crippen LogP contribution is 2.43. The zero-order valence-corrected chi connectivity index (χ0v) is 10.3. The van der Waals surface area contributed by atoms with Gasteiger partial charge in [0.15, 0.2) is 0 Å². The van der Waals surface area contributed by atoms with Crippen molar-refractivity contribution in [1.29, 1.82) is 10.5 Å². The van der Waals surface area contributed by atoms with Crippen LogP contribution in [0.25, 0.3) is 0 Å². The van der Waals surface area contributed by atoms with Crippen LogP contribution >= 0.6 is 0 Å². The lowest BCUT2D eigenvalue weighted by Crippen LogP contribution is -2.34. The number of rotatable bonds is 2. The van der Waals surface area contributed by atoms with Gasteiger partial charge in [-0.1, -0.05) is 5.57 Å². The van der Waals surface area contributed by atoms with E-state index in [9.17, 15) is 4.79 Å². The molecule has 0 saturated heterocycles. The summed E-state index contributed by atoms with van der Waals surface area (Å²) < 4.78 is 0. The molecule has 0 N–H and O–H groups in total. The fourth-order valence-electron chi connectivity index (χ4n) is 2.52. The number of Topliss-reactive ketones (excluding diaryl/α,β-unsaturated/α-hetero) is 1. The van der Waals surface area contributed by atoms with E-state index in [4.69, 9.17) is 10.5 Å². The Balaban J connectivity index is 3.33. The summed E-state index contributed by atoms with van der Waals surface area (Å²) in [7, 11) is 0. The van der Waals surface area contributed by atoms with Crippen LogP contribution in [0.1, 0.15) is 39.5 Å². The molecular formula is C14H16N2O. The molecule has 0 heterocycles. The predicted molar refractivity (Wildman–Crippen MR) is 64.6 cm³/mol. The van der Waals surface area contributed by atoms with Crippen molar-refractivity contribution in [2.45, 2.75) is 39.5 Å². The van der Waals surface area contributed by atoms with E-state index in [1.165, 1.54) is 0 Å². The molecule has 3 nitrogen and oxygen atoms in total. The van der Waals surface area contributed by atoms with Gasteiger partial charge in [-0.25, -0.2) is 0 Å². The van der Waals surface area contributed by atoms with Crippen LogP contribution in [0.4, 0.5) is 0 Å². The maximum absolute atomic E-state index is 12.1. The second-order valence-electron chi connectivity index (χ2n) is 4.82. The monoisotopic (exact) mass is 228 g/mol. The molecule has 1 rings (SSSR count). The van der Waals surface area contributed by atoms with Gasteiger partial charge in [0.2, 0.25) is 0 Å². The first-order chi connectivity index (χ1) is 7.95. The summed E-state index contributed by atoms with van der Waals surface area (Å²) in [6.45, 7) is 7.52. The van der Waals surface area contributed by atoms with E-state index in [2.05, 4.69) is 6.58 Å². The van der Waals surface area contributed by atoms with Gasteiger partial charge in [0.1, 0.15) is 23.5 Å². The van der Waals surface area contributed by atoms with Gasteiger partial charge in [-0.05, 0) is 38.7 Å². The number of carbonyl (C=O) groups excluding carboxylic acids is 1. The van der Waals surface area contributed by atoms with Gasteiger partial charge in [-0.15, -0.1) is 6.58 Å². The van der Waals surface area contributed by atoms with Gasteiger partial charge >= 0.3 is 0 Å². The molecule has 1 unspecified atom stereocenters. The summed E-state index contributed by atoms with van der Waals surface area (Å²) in [5, 5.41) is 17.9. The normalized spacial score (nSPS) is 23.8. The minimum atomic E-state index is -0.703. The highest BCUT2D eigenvalue weighted by molar-refractivity contribution is 5.89. The molecule has 1 saturated carbocycles. The van der Waals surface area contributed by atoms with E-state index >= 15 is 0 Å². The van der Waals surface area contributed by atoms with Crippen molar-refractivity contribution >= 4 is 5.78 Å². The van der Waals surface area contributed by atoms with Gasteiger partial charge < -0.3 is 0 Å². The predicted octanol–water partition coefficient (Wildman–Crippen LogP) is 3.06. The van der Waals surface area contributed by atoms with Crippen molar-refractivity contribution in [2.75, 3.05) is 0 Å². The average molecular weight is 228 g/mol. The maximum atomic E-state index is 12.1. The Labute approximate surface area is 102 Å². The van der Waals surface area contributed by atoms with Gasteiger partial charge in [0, 0.05) is 6.42 Å². The van der Waals surface area contributed by atoms with Crippen molar-refractivity contribution in [2.24, 2.45) is 5.41 Å². The van der Waals surface area contributed by atoms with E-state index in [1.54, 1.807) is 0 Å². The quantitative estimate of drug-likeness (QED) is 0.539. The Morgan fingerprint density at radius 1 is 1.41 bits per heavy atom. The molecule has 0 aromatic rings. The molecular weight excluding hydrogens is 212 g/mol. The summed E-state index contributed by atoms with van der Waals surface area (Å²) in [6.07, 6.45) is 2.43. The van der Waals surface area contributed by atoms with Crippen molar-refractivity contribution in [3.05, 3.63) is 23.3 Å². The lowest BCUT2D eigenvalue weighted by molar-refractivity contribution is -0.127. The topological polar surface area (TPSA) is 64.7 Å². The number of nitrogens with zero attached hydrogens (tertiary/aromatic N) is 2. The largest absolute Gasteiger partial charge is 0.299 e. The number of allylic oxidation sites excluding steroid dienone is 3. The zero-order valence-electron chi connectivity index (χ0n) is 10.3. The smallest absolute Gasteiger partial charge is 0.143 e. The molecule has 17 heavy (non-hydrogen) atoms. The first kappa shape index (κ1) is 13.2. The number of hydrogen-bond acceptors (Lipinski definition) is 3. The van der Waals surface area contributed by atoms with Crippen LogP contribution in [-0.4, -0.2) is 5.78 Å². The third-order valence-electron chi connectivity index (χ3n) is 3.29. The summed E-state index contributed by atoms with van der Waals surface area (Å²) in [4.78, 5) is 12.1. The number of nitriles is 2. The van der Waals surface area contributed by atoms with E-state index in [0.29, 0.717) is 24.8 Å². The first-order valence-electron chi connectivity index (χ1n) is 5.67. The van der Waals surface area contributed by atoms with Crippen LogP contribution in [0.2, 0.25) is 0 Å². The van der Waals surface area contributed by atoms with Crippen LogP contribution in [0.5, 0.6) is 0 Å². The zero-order chi connectivity index (χ0) is 13.1. The van der Waals surface area contributed by atoms with Crippen molar-refractivity contribution in [1.82, 2.24) is 0 Å². The standard InChI is InChI=1S/C14H16N2O/c1-10(2)7-14(3)12(11(8-15)9-16)5-4-6-13(14)17/h1,4-7H2,2-3H3. The molecule has 0 bridgehead atoms. The molecule has 0 amide bonds. The van der Waals surface area contributed by atoms with E-state index in [-0.39, 0.29) is 11.4 Å². The summed E-state index contributed by atoms with van der Waals surface area (Å²) in [5.41, 5.74) is 0.990. The first-order valence-corrected chi connectivity index (χ1v) is 5.67. The van der Waals surface area contributed by atoms with Crippen LogP contribution in [0.3, 0.4) is 0 Å². The molecule has 3 heteroatoms. The van der Waals surface area contributed by atoms with E-state index < -0.39 is 5.41 Å². The molecule has 0 aromatic carbocycles. The Hall–Kier alpha value is -1.87. The van der Waals surface area contributed by atoms with Crippen LogP contribution in [0.15, 0.2) is 23.3 Å². The summed E-state index contributed by atoms with van der Waals surface area (Å²) in [6, 6.07) is 3.81. The highest BCUT2D eigenvalue weighted by Gasteiger charge is 2.40. The maximum Gasteiger partial charge on any atom is 0.143 e. The van der Waals surface area contributed by atoms with E-state index in [0.717, 1.165) is 12.0 Å². The molecule has 0 aromatic heterocycles. The van der Waals surface area contributed by atoms with Crippen LogP contribution in [0, 0.1) is 28.1 Å². The number of ketones is 1. The fraction of sp³-hybridized carbons (Fsp3) is 0.500. The molecule has 88 valence electrons. The second kappa shape index (κ2) is 4.97. The minimum absolute atomic E-state index is 0.0989. The van der Waals surface area contributed by atoms with Gasteiger partial charge in [-0.2, -0.15) is 10.5 Å². The number of carbonyl (C=O) groups is 1. The molecule has 1 fully saturated rings. The van der Waals surface area contributed by atoms with Crippen molar-refractivity contribution < 1.29 is 4.79 Å². The molecule has 0 spiro atoms. The summed E-state index contributed by atoms with van der Waals surface area (Å²) >= 11 is 0. The molecule has 1 atom stereocenters. The molecule has 0 radical (unpaired) electrons. The lowest BCUT2D eigenvalue weighted by Gasteiger charge is -2.35. The fourth-order valence-corrected chi connectivity index (χ4v) is 2.52. The van der Waals surface area contributed by atoms with Crippen LogP contribution in [-0.2, 0) is 4.79 Å². The van der Waals surface area contributed by atoms with Gasteiger partial charge in [0.25, 0.3) is 0 Å². The Morgan fingerprint density at radius 2 is 2.00 bits per heavy atom. The molecule has 0 aliphatic heterocycles. The Kier molecular flexibility index (Phi) is 3.86. The third-order valence-corrected chi connectivity index (χ3v) is 3.29. The minimum Gasteiger partial charge on any atom is -0.299 e. The molecule has 1 aliphatic rings. The van der Waals surface area contributed by atoms with Crippen molar-refractivity contribution in [3.63, 3.8) is 0 Å².